The van der Waals surface area contributed by atoms with Crippen molar-refractivity contribution < 1.29 is 9.21 Å². The van der Waals surface area contributed by atoms with Crippen LogP contribution in [0.3, 0.4) is 0 Å². The van der Waals surface area contributed by atoms with E-state index in [-0.39, 0.29) is 17.3 Å². The number of carbonyl (C=O) groups excluding carboxylic acids is 1. The van der Waals surface area contributed by atoms with Crippen molar-refractivity contribution in [3.63, 3.8) is 0 Å². The molecule has 0 saturated heterocycles. The molecule has 0 aliphatic rings. The minimum Gasteiger partial charge on any atom is -0.451 e. The molecule has 4 aromatic heterocycles. The van der Waals surface area contributed by atoms with E-state index in [2.05, 4.69) is 20.4 Å². The number of benzene rings is 1. The van der Waals surface area contributed by atoms with Crippen molar-refractivity contribution in [1.82, 2.24) is 19.7 Å². The summed E-state index contributed by atoms with van der Waals surface area (Å²) in [6.07, 6.45) is 0.594. The van der Waals surface area contributed by atoms with Crippen molar-refractivity contribution in [2.45, 2.75) is 13.3 Å². The van der Waals surface area contributed by atoms with Gasteiger partial charge in [0, 0.05) is 23.2 Å². The first kappa shape index (κ1) is 19.0. The third kappa shape index (κ3) is 3.66. The second-order valence-electron chi connectivity index (χ2n) is 6.82. The highest BCUT2D eigenvalue weighted by Crippen LogP contribution is 2.28. The summed E-state index contributed by atoms with van der Waals surface area (Å²) in [5, 5.41) is 10.2. The summed E-state index contributed by atoms with van der Waals surface area (Å²) in [6.45, 7) is 1.91. The van der Waals surface area contributed by atoms with Gasteiger partial charge in [0.05, 0.1) is 4.88 Å². The number of nitrogens with one attached hydrogen (secondary N) is 2. The maximum atomic E-state index is 12.9. The smallest absolute Gasteiger partial charge is 0.292 e. The normalized spacial score (nSPS) is 11.1. The number of fused-ring (bicyclic) bond motifs is 1. The molecule has 5 aromatic rings. The predicted octanol–water partition coefficient (Wildman–Crippen LogP) is 4.25. The Morgan fingerprint density at radius 1 is 1.19 bits per heavy atom. The number of aryl methyl sites for hydroxylation is 1. The molecular formula is C22H17N5O3S. The number of hydrogen-bond acceptors (Lipinski definition) is 6. The van der Waals surface area contributed by atoms with Gasteiger partial charge in [-0.3, -0.25) is 14.6 Å². The second-order valence-corrected chi connectivity index (χ2v) is 7.77. The molecule has 5 rings (SSSR count). The van der Waals surface area contributed by atoms with Crippen LogP contribution in [0.1, 0.15) is 23.2 Å². The van der Waals surface area contributed by atoms with E-state index in [0.717, 1.165) is 10.3 Å². The molecule has 0 fully saturated rings. The van der Waals surface area contributed by atoms with Crippen LogP contribution in [0.5, 0.6) is 0 Å². The standard InChI is InChI=1S/C22H17N5O3S/c1-2-14-11-20(28)25-22(23-14)27-19(12-15(26-27)18-8-5-9-31-18)24-21(29)17-10-13-6-3-4-7-16(13)30-17/h3-12H,2H2,1H3,(H,24,29)(H,23,25,28). The molecule has 0 bridgehead atoms. The molecule has 0 saturated carbocycles. The molecule has 154 valence electrons. The number of H-pyrrole nitrogens is 1. The average Bonchev–Trinajstić information content (AvgIpc) is 3.51. The van der Waals surface area contributed by atoms with Gasteiger partial charge in [-0.25, -0.2) is 4.98 Å². The Kier molecular flexibility index (Phi) is 4.72. The van der Waals surface area contributed by atoms with Gasteiger partial charge in [0.15, 0.2) is 5.76 Å². The van der Waals surface area contributed by atoms with E-state index in [1.165, 1.54) is 22.1 Å². The molecule has 1 aromatic carbocycles. The largest absolute Gasteiger partial charge is 0.451 e. The quantitative estimate of drug-likeness (QED) is 0.433. The molecule has 8 nitrogen and oxygen atoms in total. The Morgan fingerprint density at radius 3 is 2.84 bits per heavy atom. The Labute approximate surface area is 180 Å². The number of aromatic nitrogens is 4. The van der Waals surface area contributed by atoms with Crippen molar-refractivity contribution in [1.29, 1.82) is 0 Å². The molecule has 0 unspecified atom stereocenters. The first-order chi connectivity index (χ1) is 15.1. The number of carbonyl (C=O) groups is 1. The summed E-state index contributed by atoms with van der Waals surface area (Å²) in [5.74, 6) is 0.344. The summed E-state index contributed by atoms with van der Waals surface area (Å²) < 4.78 is 7.10. The summed E-state index contributed by atoms with van der Waals surface area (Å²) in [5.41, 5.74) is 1.62. The summed E-state index contributed by atoms with van der Waals surface area (Å²) in [4.78, 5) is 33.1. The summed E-state index contributed by atoms with van der Waals surface area (Å²) >= 11 is 1.52. The number of para-hydroxylation sites is 1. The van der Waals surface area contributed by atoms with E-state index in [9.17, 15) is 9.59 Å². The maximum Gasteiger partial charge on any atom is 0.292 e. The molecule has 1 amide bonds. The molecule has 0 aliphatic carbocycles. The first-order valence-electron chi connectivity index (χ1n) is 9.65. The lowest BCUT2D eigenvalue weighted by molar-refractivity contribution is 0.0998. The van der Waals surface area contributed by atoms with Gasteiger partial charge >= 0.3 is 0 Å². The number of thiophene rings is 1. The number of anilines is 1. The highest BCUT2D eigenvalue weighted by Gasteiger charge is 2.19. The third-order valence-corrected chi connectivity index (χ3v) is 5.61. The zero-order chi connectivity index (χ0) is 21.4. The van der Waals surface area contributed by atoms with Crippen LogP contribution in [0, 0.1) is 0 Å². The first-order valence-corrected chi connectivity index (χ1v) is 10.5. The highest BCUT2D eigenvalue weighted by atomic mass is 32.1. The van der Waals surface area contributed by atoms with Crippen molar-refractivity contribution >= 4 is 34.0 Å². The average molecular weight is 431 g/mol. The summed E-state index contributed by atoms with van der Waals surface area (Å²) in [7, 11) is 0. The molecule has 2 N–H and O–H groups in total. The number of aromatic amines is 1. The Bertz CT molecular complexity index is 1410. The lowest BCUT2D eigenvalue weighted by Gasteiger charge is -2.07. The van der Waals surface area contributed by atoms with Gasteiger partial charge in [0.2, 0.25) is 5.95 Å². The Morgan fingerprint density at radius 2 is 2.06 bits per heavy atom. The molecule has 0 spiro atoms. The highest BCUT2D eigenvalue weighted by molar-refractivity contribution is 7.13. The van der Waals surface area contributed by atoms with Gasteiger partial charge in [-0.05, 0) is 30.0 Å². The van der Waals surface area contributed by atoms with E-state index in [1.807, 2.05) is 42.6 Å². The van der Waals surface area contributed by atoms with Crippen molar-refractivity contribution in [2.75, 3.05) is 5.32 Å². The van der Waals surface area contributed by atoms with Gasteiger partial charge in [0.1, 0.15) is 17.1 Å². The van der Waals surface area contributed by atoms with E-state index < -0.39 is 5.91 Å². The van der Waals surface area contributed by atoms with Crippen LogP contribution < -0.4 is 10.9 Å². The number of rotatable bonds is 5. The number of furan rings is 1. The van der Waals surface area contributed by atoms with Crippen LogP contribution in [0.2, 0.25) is 0 Å². The molecule has 31 heavy (non-hydrogen) atoms. The molecule has 0 aliphatic heterocycles. The molecule has 0 atom stereocenters. The summed E-state index contributed by atoms with van der Waals surface area (Å²) in [6, 6.07) is 16.1. The van der Waals surface area contributed by atoms with Gasteiger partial charge in [-0.1, -0.05) is 31.2 Å². The van der Waals surface area contributed by atoms with Crippen LogP contribution in [0.25, 0.3) is 27.5 Å². The third-order valence-electron chi connectivity index (χ3n) is 4.72. The Balaban J connectivity index is 1.57. The minimum absolute atomic E-state index is 0.176. The van der Waals surface area contributed by atoms with Crippen molar-refractivity contribution in [2.24, 2.45) is 0 Å². The van der Waals surface area contributed by atoms with E-state index in [4.69, 9.17) is 4.42 Å². The number of hydrogen-bond donors (Lipinski definition) is 2. The van der Waals surface area contributed by atoms with E-state index in [0.29, 0.717) is 29.2 Å². The SMILES string of the molecule is CCc1cc(=O)[nH]c(-n2nc(-c3cccs3)cc2NC(=O)c2cc3ccccc3o2)n1. The second kappa shape index (κ2) is 7.69. The Hall–Kier alpha value is -3.98. The molecular weight excluding hydrogens is 414 g/mol. The molecule has 9 heteroatoms. The van der Waals surface area contributed by atoms with Gasteiger partial charge < -0.3 is 9.73 Å². The molecule has 0 radical (unpaired) electrons. The maximum absolute atomic E-state index is 12.9. The minimum atomic E-state index is -0.427. The van der Waals surface area contributed by atoms with Crippen LogP contribution >= 0.6 is 11.3 Å². The van der Waals surface area contributed by atoms with Crippen LogP contribution in [-0.4, -0.2) is 25.7 Å². The van der Waals surface area contributed by atoms with Crippen molar-refractivity contribution in [3.05, 3.63) is 81.8 Å². The number of nitrogens with zero attached hydrogens (tertiary/aromatic N) is 3. The fraction of sp³-hybridized carbons (Fsp3) is 0.0909. The van der Waals surface area contributed by atoms with Gasteiger partial charge in [0.25, 0.3) is 11.5 Å². The van der Waals surface area contributed by atoms with E-state index >= 15 is 0 Å². The molecule has 4 heterocycles. The number of amides is 1. The topological polar surface area (TPSA) is 106 Å². The van der Waals surface area contributed by atoms with Gasteiger partial charge in [-0.2, -0.15) is 9.78 Å². The predicted molar refractivity (Wildman–Crippen MR) is 119 cm³/mol. The van der Waals surface area contributed by atoms with Crippen LogP contribution in [0.15, 0.2) is 69.2 Å². The lowest BCUT2D eigenvalue weighted by atomic mass is 10.2. The van der Waals surface area contributed by atoms with E-state index in [1.54, 1.807) is 18.2 Å². The van der Waals surface area contributed by atoms with Crippen LogP contribution in [-0.2, 0) is 6.42 Å². The monoisotopic (exact) mass is 431 g/mol. The van der Waals surface area contributed by atoms with Gasteiger partial charge in [-0.15, -0.1) is 11.3 Å². The fourth-order valence-electron chi connectivity index (χ4n) is 3.22. The van der Waals surface area contributed by atoms with Crippen LogP contribution in [0.4, 0.5) is 5.82 Å². The van der Waals surface area contributed by atoms with Crippen molar-refractivity contribution in [3.8, 4) is 16.5 Å². The lowest BCUT2D eigenvalue weighted by Crippen LogP contribution is -2.19. The zero-order valence-electron chi connectivity index (χ0n) is 16.5. The fourth-order valence-corrected chi connectivity index (χ4v) is 3.90. The zero-order valence-corrected chi connectivity index (χ0v) is 17.3.